The fourth-order valence-electron chi connectivity index (χ4n) is 2.30. The van der Waals surface area contributed by atoms with E-state index in [1.807, 2.05) is 49.4 Å². The van der Waals surface area contributed by atoms with Crippen LogP contribution in [0.25, 0.3) is 5.57 Å². The number of nitrogens with two attached hydrogens (primary N) is 1. The first kappa shape index (κ1) is 13.3. The minimum absolute atomic E-state index is 0.238. The van der Waals surface area contributed by atoms with Crippen LogP contribution in [0.3, 0.4) is 0 Å². The first-order valence-electron chi connectivity index (χ1n) is 6.66. The molecule has 0 saturated carbocycles. The summed E-state index contributed by atoms with van der Waals surface area (Å²) in [5.74, 6) is 5.66. The molecule has 4 heteroatoms. The van der Waals surface area contributed by atoms with Gasteiger partial charge in [-0.3, -0.25) is 14.8 Å². The second-order valence-electron chi connectivity index (χ2n) is 4.89. The third-order valence-corrected chi connectivity index (χ3v) is 3.45. The minimum Gasteiger partial charge on any atom is -0.267 e. The van der Waals surface area contributed by atoms with Crippen LogP contribution in [-0.2, 0) is 0 Å². The van der Waals surface area contributed by atoms with Crippen molar-refractivity contribution in [3.8, 4) is 0 Å². The molecule has 0 bridgehead atoms. The number of fused-ring (bicyclic) bond motifs is 1. The molecule has 21 heavy (non-hydrogen) atoms. The van der Waals surface area contributed by atoms with E-state index >= 15 is 0 Å². The number of carbonyl (C=O) groups is 1. The normalized spacial score (nSPS) is 14.3. The lowest BCUT2D eigenvalue weighted by atomic mass is 10.1. The van der Waals surface area contributed by atoms with Gasteiger partial charge in [-0.25, -0.2) is 5.84 Å². The highest BCUT2D eigenvalue weighted by molar-refractivity contribution is 6.16. The number of hydrogen-bond donors (Lipinski definition) is 1. The SMILES string of the molecule is Cc1ccccc1C(=O)N(N)C=C1C=Nc2ccccc21. The summed E-state index contributed by atoms with van der Waals surface area (Å²) in [6.07, 6.45) is 3.33. The lowest BCUT2D eigenvalue weighted by Gasteiger charge is -2.14. The molecular weight excluding hydrogens is 262 g/mol. The molecule has 2 aromatic carbocycles. The van der Waals surface area contributed by atoms with Crippen LogP contribution in [0.1, 0.15) is 21.5 Å². The Morgan fingerprint density at radius 1 is 1.14 bits per heavy atom. The van der Waals surface area contributed by atoms with Crippen LogP contribution >= 0.6 is 0 Å². The lowest BCUT2D eigenvalue weighted by Crippen LogP contribution is -2.33. The average molecular weight is 277 g/mol. The molecule has 1 amide bonds. The van der Waals surface area contributed by atoms with E-state index in [2.05, 4.69) is 4.99 Å². The number of hydrazine groups is 1. The second-order valence-corrected chi connectivity index (χ2v) is 4.89. The van der Waals surface area contributed by atoms with Gasteiger partial charge in [-0.15, -0.1) is 0 Å². The van der Waals surface area contributed by atoms with Gasteiger partial charge in [0.05, 0.1) is 5.69 Å². The van der Waals surface area contributed by atoms with E-state index < -0.39 is 0 Å². The van der Waals surface area contributed by atoms with Crippen LogP contribution in [0.15, 0.2) is 59.7 Å². The number of rotatable bonds is 2. The highest BCUT2D eigenvalue weighted by atomic mass is 16.2. The standard InChI is InChI=1S/C17H15N3O/c1-12-6-2-3-7-14(12)17(21)20(18)11-13-10-19-16-9-5-4-8-15(13)16/h2-11H,18H2,1H3. The molecule has 1 heterocycles. The van der Waals surface area contributed by atoms with Gasteiger partial charge in [-0.1, -0.05) is 36.4 Å². The van der Waals surface area contributed by atoms with Crippen molar-refractivity contribution in [3.63, 3.8) is 0 Å². The zero-order valence-electron chi connectivity index (χ0n) is 11.7. The van der Waals surface area contributed by atoms with Gasteiger partial charge in [0.2, 0.25) is 0 Å². The Morgan fingerprint density at radius 3 is 2.67 bits per heavy atom. The van der Waals surface area contributed by atoms with E-state index in [-0.39, 0.29) is 5.91 Å². The number of hydrogen-bond acceptors (Lipinski definition) is 3. The van der Waals surface area contributed by atoms with Gasteiger partial charge in [0.15, 0.2) is 0 Å². The molecule has 0 spiro atoms. The van der Waals surface area contributed by atoms with Crippen LogP contribution in [0, 0.1) is 6.92 Å². The monoisotopic (exact) mass is 277 g/mol. The first-order valence-corrected chi connectivity index (χ1v) is 6.66. The van der Waals surface area contributed by atoms with Crippen molar-refractivity contribution < 1.29 is 4.79 Å². The average Bonchev–Trinajstić information content (AvgIpc) is 2.90. The summed E-state index contributed by atoms with van der Waals surface area (Å²) < 4.78 is 0. The van der Waals surface area contributed by atoms with Crippen molar-refractivity contribution in [2.45, 2.75) is 6.92 Å². The van der Waals surface area contributed by atoms with E-state index in [0.717, 1.165) is 27.4 Å². The number of benzene rings is 2. The predicted molar refractivity (Wildman–Crippen MR) is 84.1 cm³/mol. The Balaban J connectivity index is 1.89. The van der Waals surface area contributed by atoms with Gasteiger partial charge in [-0.05, 0) is 24.6 Å². The molecule has 0 aliphatic carbocycles. The number of allylic oxidation sites excluding steroid dienone is 1. The fraction of sp³-hybridized carbons (Fsp3) is 0.0588. The van der Waals surface area contributed by atoms with Crippen molar-refractivity contribution in [1.29, 1.82) is 0 Å². The molecule has 2 aromatic rings. The van der Waals surface area contributed by atoms with Gasteiger partial charge in [-0.2, -0.15) is 0 Å². The molecule has 1 aliphatic rings. The Bertz CT molecular complexity index is 762. The molecule has 0 radical (unpaired) electrons. The molecule has 3 rings (SSSR count). The van der Waals surface area contributed by atoms with Crippen molar-refractivity contribution >= 4 is 23.4 Å². The van der Waals surface area contributed by atoms with Gasteiger partial charge >= 0.3 is 0 Å². The molecule has 1 aliphatic heterocycles. The summed E-state index contributed by atoms with van der Waals surface area (Å²) in [6, 6.07) is 15.1. The van der Waals surface area contributed by atoms with Gasteiger partial charge in [0, 0.05) is 29.1 Å². The summed E-state index contributed by atoms with van der Waals surface area (Å²) in [5.41, 5.74) is 4.19. The number of carbonyl (C=O) groups excluding carboxylic acids is 1. The molecule has 0 unspecified atom stereocenters. The van der Waals surface area contributed by atoms with E-state index in [1.54, 1.807) is 18.5 Å². The third kappa shape index (κ3) is 2.49. The fourth-order valence-corrected chi connectivity index (χ4v) is 2.30. The summed E-state index contributed by atoms with van der Waals surface area (Å²) in [4.78, 5) is 16.7. The second kappa shape index (κ2) is 5.34. The highest BCUT2D eigenvalue weighted by Gasteiger charge is 2.16. The van der Waals surface area contributed by atoms with Crippen LogP contribution in [0.2, 0.25) is 0 Å². The van der Waals surface area contributed by atoms with Crippen LogP contribution < -0.4 is 5.84 Å². The van der Waals surface area contributed by atoms with Gasteiger partial charge in [0.25, 0.3) is 5.91 Å². The van der Waals surface area contributed by atoms with Crippen LogP contribution in [0.4, 0.5) is 5.69 Å². The molecule has 4 nitrogen and oxygen atoms in total. The number of aryl methyl sites for hydroxylation is 1. The summed E-state index contributed by atoms with van der Waals surface area (Å²) in [5, 5.41) is 1.12. The molecule has 0 aromatic heterocycles. The Labute approximate surface area is 123 Å². The van der Waals surface area contributed by atoms with Crippen molar-refractivity contribution in [2.75, 3.05) is 0 Å². The third-order valence-electron chi connectivity index (χ3n) is 3.45. The van der Waals surface area contributed by atoms with Gasteiger partial charge < -0.3 is 0 Å². The Morgan fingerprint density at radius 2 is 1.86 bits per heavy atom. The van der Waals surface area contributed by atoms with Crippen LogP contribution in [-0.4, -0.2) is 17.1 Å². The molecule has 0 saturated heterocycles. The maximum atomic E-state index is 12.4. The highest BCUT2D eigenvalue weighted by Crippen LogP contribution is 2.30. The minimum atomic E-state index is -0.238. The van der Waals surface area contributed by atoms with Crippen LogP contribution in [0.5, 0.6) is 0 Å². The van der Waals surface area contributed by atoms with Crippen molar-refractivity contribution in [3.05, 3.63) is 71.4 Å². The van der Waals surface area contributed by atoms with Gasteiger partial charge in [0.1, 0.15) is 0 Å². The quantitative estimate of drug-likeness (QED) is 0.521. The van der Waals surface area contributed by atoms with E-state index in [4.69, 9.17) is 5.84 Å². The zero-order valence-corrected chi connectivity index (χ0v) is 11.7. The lowest BCUT2D eigenvalue weighted by molar-refractivity contribution is 0.0822. The molecular formula is C17H15N3O. The predicted octanol–water partition coefficient (Wildman–Crippen LogP) is 3.07. The first-order chi connectivity index (χ1) is 10.2. The number of para-hydroxylation sites is 1. The van der Waals surface area contributed by atoms with E-state index in [9.17, 15) is 4.79 Å². The topological polar surface area (TPSA) is 58.7 Å². The molecule has 2 N–H and O–H groups in total. The largest absolute Gasteiger partial charge is 0.272 e. The summed E-state index contributed by atoms with van der Waals surface area (Å²) in [7, 11) is 0. The molecule has 104 valence electrons. The number of amides is 1. The Hall–Kier alpha value is -2.72. The number of aliphatic imine (C=N–C) groups is 1. The summed E-state index contributed by atoms with van der Waals surface area (Å²) in [6.45, 7) is 1.89. The molecule has 0 atom stereocenters. The smallest absolute Gasteiger partial charge is 0.267 e. The number of nitrogens with zero attached hydrogens (tertiary/aromatic N) is 2. The van der Waals surface area contributed by atoms with E-state index in [0.29, 0.717) is 5.56 Å². The van der Waals surface area contributed by atoms with Crippen molar-refractivity contribution in [2.24, 2.45) is 10.8 Å². The van der Waals surface area contributed by atoms with Crippen molar-refractivity contribution in [1.82, 2.24) is 5.01 Å². The zero-order chi connectivity index (χ0) is 14.8. The maximum Gasteiger partial charge on any atom is 0.272 e. The maximum absolute atomic E-state index is 12.4. The summed E-state index contributed by atoms with van der Waals surface area (Å²) >= 11 is 0. The van der Waals surface area contributed by atoms with E-state index in [1.165, 1.54) is 0 Å². The Kier molecular flexibility index (Phi) is 3.38. The molecule has 0 fully saturated rings.